The molecule has 0 spiro atoms. The molecule has 13 heavy (non-hydrogen) atoms. The summed E-state index contributed by atoms with van der Waals surface area (Å²) < 4.78 is 4.53. The first-order valence-corrected chi connectivity index (χ1v) is 3.59. The van der Waals surface area contributed by atoms with Gasteiger partial charge < -0.3 is 9.57 Å². The fourth-order valence-electron chi connectivity index (χ4n) is 0.426. The van der Waals surface area contributed by atoms with E-state index in [1.54, 1.807) is 19.9 Å². The van der Waals surface area contributed by atoms with Gasteiger partial charge in [-0.15, -0.1) is 0 Å². The third-order valence-corrected chi connectivity index (χ3v) is 0.867. The van der Waals surface area contributed by atoms with Crippen LogP contribution in [0.1, 0.15) is 13.8 Å². The van der Waals surface area contributed by atoms with Crippen LogP contribution in [-0.2, 0) is 14.4 Å². The highest BCUT2D eigenvalue weighted by Crippen LogP contribution is 1.93. The van der Waals surface area contributed by atoms with E-state index in [0.29, 0.717) is 0 Å². The van der Waals surface area contributed by atoms with Gasteiger partial charge in [-0.1, -0.05) is 11.7 Å². The average Bonchev–Trinajstić information content (AvgIpc) is 2.05. The average molecular weight is 182 g/mol. The smallest absolute Gasteiger partial charge is 0.371 e. The normalized spacial score (nSPS) is 10.1. The molecule has 0 saturated heterocycles. The number of ether oxygens (including phenoxy) is 1. The van der Waals surface area contributed by atoms with Crippen molar-refractivity contribution in [1.82, 2.24) is 0 Å². The van der Waals surface area contributed by atoms with Gasteiger partial charge in [0.15, 0.2) is 0 Å². The molecule has 0 aromatic heterocycles. The summed E-state index contributed by atoms with van der Waals surface area (Å²) in [6, 6.07) is 1.55. The molecule has 0 aliphatic carbocycles. The second kappa shape index (κ2) is 5.77. The Balaban J connectivity index is 4.34. The van der Waals surface area contributed by atoms with Crippen molar-refractivity contribution >= 4 is 11.7 Å². The van der Waals surface area contributed by atoms with E-state index in [1.165, 1.54) is 0 Å². The number of allylic oxidation sites excluding steroid dienone is 1. The first-order chi connectivity index (χ1) is 6.11. The van der Waals surface area contributed by atoms with Crippen molar-refractivity contribution < 1.29 is 14.4 Å². The lowest BCUT2D eigenvalue weighted by Gasteiger charge is -1.98. The van der Waals surface area contributed by atoms with Crippen molar-refractivity contribution in [2.24, 2.45) is 5.16 Å². The van der Waals surface area contributed by atoms with E-state index in [2.05, 4.69) is 21.3 Å². The molecule has 0 fully saturated rings. The molecule has 0 atom stereocenters. The van der Waals surface area contributed by atoms with Crippen LogP contribution in [0.3, 0.4) is 0 Å². The zero-order valence-corrected chi connectivity index (χ0v) is 7.53. The quantitative estimate of drug-likeness (QED) is 0.281. The Morgan fingerprint density at radius 3 is 2.69 bits per heavy atom. The summed E-state index contributed by atoms with van der Waals surface area (Å²) in [5, 5.41) is 11.7. The van der Waals surface area contributed by atoms with Crippen LogP contribution < -0.4 is 0 Å². The van der Waals surface area contributed by atoms with Gasteiger partial charge >= 0.3 is 5.97 Å². The molecular formula is C8H10N2O3. The zero-order chi connectivity index (χ0) is 10.3. The second-order valence-corrected chi connectivity index (χ2v) is 2.07. The second-order valence-electron chi connectivity index (χ2n) is 2.07. The SMILES string of the molecule is C=C(C)O/N=C(\C#N)C(=O)OCC. The number of nitrogens with zero attached hydrogens (tertiary/aromatic N) is 2. The van der Waals surface area contributed by atoms with Crippen LogP contribution in [0, 0.1) is 11.3 Å². The monoisotopic (exact) mass is 182 g/mol. The van der Waals surface area contributed by atoms with Crippen LogP contribution in [0.2, 0.25) is 0 Å². The molecule has 0 aliphatic rings. The molecule has 0 unspecified atom stereocenters. The van der Waals surface area contributed by atoms with Crippen LogP contribution in [0.15, 0.2) is 17.5 Å². The van der Waals surface area contributed by atoms with Crippen molar-refractivity contribution in [3.05, 3.63) is 12.3 Å². The van der Waals surface area contributed by atoms with E-state index in [-0.39, 0.29) is 12.4 Å². The molecule has 0 saturated carbocycles. The Morgan fingerprint density at radius 2 is 2.31 bits per heavy atom. The van der Waals surface area contributed by atoms with Gasteiger partial charge in [0.1, 0.15) is 11.8 Å². The van der Waals surface area contributed by atoms with Crippen molar-refractivity contribution in [3.8, 4) is 6.07 Å². The van der Waals surface area contributed by atoms with Gasteiger partial charge in [-0.3, -0.25) is 0 Å². The maximum absolute atomic E-state index is 10.9. The summed E-state index contributed by atoms with van der Waals surface area (Å²) in [4.78, 5) is 15.4. The topological polar surface area (TPSA) is 71.7 Å². The Morgan fingerprint density at radius 1 is 1.69 bits per heavy atom. The third-order valence-electron chi connectivity index (χ3n) is 0.867. The van der Waals surface area contributed by atoms with E-state index < -0.39 is 11.7 Å². The minimum atomic E-state index is -0.800. The molecular weight excluding hydrogens is 172 g/mol. The third kappa shape index (κ3) is 4.58. The highest BCUT2D eigenvalue weighted by atomic mass is 16.6. The van der Waals surface area contributed by atoms with Crippen molar-refractivity contribution in [1.29, 1.82) is 5.26 Å². The summed E-state index contributed by atoms with van der Waals surface area (Å²) in [5.74, 6) is -0.511. The highest BCUT2D eigenvalue weighted by molar-refractivity contribution is 6.42. The van der Waals surface area contributed by atoms with Gasteiger partial charge in [-0.05, 0) is 13.8 Å². The van der Waals surface area contributed by atoms with Gasteiger partial charge in [0.2, 0.25) is 0 Å². The molecule has 0 aromatic carbocycles. The number of esters is 1. The van der Waals surface area contributed by atoms with Crippen molar-refractivity contribution in [2.45, 2.75) is 13.8 Å². The fourth-order valence-corrected chi connectivity index (χ4v) is 0.426. The first-order valence-electron chi connectivity index (χ1n) is 3.59. The molecule has 0 heterocycles. The van der Waals surface area contributed by atoms with Crippen LogP contribution in [0.25, 0.3) is 0 Å². The van der Waals surface area contributed by atoms with E-state index in [0.717, 1.165) is 0 Å². The highest BCUT2D eigenvalue weighted by Gasteiger charge is 2.12. The summed E-state index contributed by atoms with van der Waals surface area (Å²) in [6.07, 6.45) is 0. The number of nitriles is 1. The number of rotatable bonds is 4. The van der Waals surface area contributed by atoms with Gasteiger partial charge in [0.25, 0.3) is 5.71 Å². The van der Waals surface area contributed by atoms with Gasteiger partial charge in [-0.25, -0.2) is 4.79 Å². The molecule has 70 valence electrons. The summed E-state index contributed by atoms with van der Waals surface area (Å²) in [6.45, 7) is 6.74. The molecule has 0 bridgehead atoms. The number of carbonyl (C=O) groups excluding carboxylic acids is 1. The summed E-state index contributed by atoms with van der Waals surface area (Å²) in [5.41, 5.74) is -0.426. The Hall–Kier alpha value is -1.83. The molecule has 5 heteroatoms. The van der Waals surface area contributed by atoms with Crippen LogP contribution in [-0.4, -0.2) is 18.3 Å². The van der Waals surface area contributed by atoms with E-state index in [9.17, 15) is 4.79 Å². The Kier molecular flexibility index (Phi) is 4.96. The number of hydrogen-bond acceptors (Lipinski definition) is 5. The fraction of sp³-hybridized carbons (Fsp3) is 0.375. The first kappa shape index (κ1) is 11.2. The molecule has 0 rings (SSSR count). The van der Waals surface area contributed by atoms with Crippen LogP contribution in [0.4, 0.5) is 0 Å². The predicted octanol–water partition coefficient (Wildman–Crippen LogP) is 0.979. The van der Waals surface area contributed by atoms with Crippen LogP contribution in [0.5, 0.6) is 0 Å². The van der Waals surface area contributed by atoms with Crippen molar-refractivity contribution in [3.63, 3.8) is 0 Å². The van der Waals surface area contributed by atoms with Gasteiger partial charge in [0.05, 0.1) is 6.61 Å². The molecule has 0 aliphatic heterocycles. The van der Waals surface area contributed by atoms with E-state index in [4.69, 9.17) is 5.26 Å². The maximum Gasteiger partial charge on any atom is 0.371 e. The Bertz CT molecular complexity index is 276. The lowest BCUT2D eigenvalue weighted by Crippen LogP contribution is -2.15. The zero-order valence-electron chi connectivity index (χ0n) is 7.53. The molecule has 0 radical (unpaired) electrons. The predicted molar refractivity (Wildman–Crippen MR) is 45.6 cm³/mol. The van der Waals surface area contributed by atoms with Crippen LogP contribution >= 0.6 is 0 Å². The molecule has 0 aromatic rings. The molecule has 0 N–H and O–H groups in total. The largest absolute Gasteiger partial charge is 0.461 e. The van der Waals surface area contributed by atoms with Gasteiger partial charge in [0, 0.05) is 0 Å². The molecule has 0 amide bonds. The molecule has 5 nitrogen and oxygen atoms in total. The minimum absolute atomic E-state index is 0.187. The number of hydrogen-bond donors (Lipinski definition) is 0. The van der Waals surface area contributed by atoms with Gasteiger partial charge in [-0.2, -0.15) is 5.26 Å². The standard InChI is InChI=1S/C8H10N2O3/c1-4-12-8(11)7(5-9)10-13-6(2)3/h2,4H2,1,3H3/b10-7+. The minimum Gasteiger partial charge on any atom is -0.461 e. The summed E-state index contributed by atoms with van der Waals surface area (Å²) >= 11 is 0. The Labute approximate surface area is 76.2 Å². The summed E-state index contributed by atoms with van der Waals surface area (Å²) in [7, 11) is 0. The number of oxime groups is 1. The van der Waals surface area contributed by atoms with E-state index in [1.807, 2.05) is 0 Å². The lowest BCUT2D eigenvalue weighted by molar-refractivity contribution is -0.135. The lowest BCUT2D eigenvalue weighted by atomic mass is 10.4. The number of carbonyl (C=O) groups is 1. The maximum atomic E-state index is 10.9. The van der Waals surface area contributed by atoms with Crippen molar-refractivity contribution in [2.75, 3.05) is 6.61 Å². The van der Waals surface area contributed by atoms with E-state index >= 15 is 0 Å².